The second-order valence-corrected chi connectivity index (χ2v) is 6.16. The predicted molar refractivity (Wildman–Crippen MR) is 110 cm³/mol. The molecule has 0 unspecified atom stereocenters. The third-order valence-electron chi connectivity index (χ3n) is 3.12. The van der Waals surface area contributed by atoms with Crippen LogP contribution in [0.4, 0.5) is 0 Å². The van der Waals surface area contributed by atoms with Crippen LogP contribution in [0.3, 0.4) is 0 Å². The van der Waals surface area contributed by atoms with Crippen LogP contribution in [0.15, 0.2) is 33.7 Å². The van der Waals surface area contributed by atoms with Crippen LogP contribution >= 0.6 is 39.9 Å². The molecule has 7 heteroatoms. The molecule has 0 atom stereocenters. The molecule has 1 amide bonds. The van der Waals surface area contributed by atoms with Crippen LogP contribution in [-0.2, 0) is 11.3 Å². The minimum atomic E-state index is -0.00918. The molecule has 1 aromatic rings. The summed E-state index contributed by atoms with van der Waals surface area (Å²) in [5.41, 5.74) is 1.18. The summed E-state index contributed by atoms with van der Waals surface area (Å²) < 4.78 is 1.07. The SMILES string of the molecule is CCCNC(=NCC(=O)N(C)C)N(C)Cc1ccccc1Br.I. The highest BCUT2D eigenvalue weighted by Crippen LogP contribution is 2.17. The number of hydrogen-bond acceptors (Lipinski definition) is 2. The lowest BCUT2D eigenvalue weighted by molar-refractivity contribution is -0.127. The Morgan fingerprint density at radius 2 is 1.91 bits per heavy atom. The van der Waals surface area contributed by atoms with Gasteiger partial charge in [-0.2, -0.15) is 0 Å². The van der Waals surface area contributed by atoms with Crippen LogP contribution in [-0.4, -0.2) is 55.9 Å². The van der Waals surface area contributed by atoms with Crippen LogP contribution in [0.25, 0.3) is 0 Å². The van der Waals surface area contributed by atoms with Crippen molar-refractivity contribution >= 4 is 51.8 Å². The van der Waals surface area contributed by atoms with Crippen molar-refractivity contribution in [3.8, 4) is 0 Å². The van der Waals surface area contributed by atoms with E-state index in [2.05, 4.69) is 39.2 Å². The number of rotatable bonds is 6. The first-order chi connectivity index (χ1) is 10.5. The molecule has 0 aliphatic heterocycles. The van der Waals surface area contributed by atoms with Crippen LogP contribution in [0, 0.1) is 0 Å². The second-order valence-electron chi connectivity index (χ2n) is 5.30. The highest BCUT2D eigenvalue weighted by Gasteiger charge is 2.10. The Morgan fingerprint density at radius 3 is 2.48 bits per heavy atom. The zero-order chi connectivity index (χ0) is 16.5. The average Bonchev–Trinajstić information content (AvgIpc) is 2.49. The molecular formula is C16H26BrIN4O. The fourth-order valence-electron chi connectivity index (χ4n) is 1.79. The van der Waals surface area contributed by atoms with E-state index in [0.717, 1.165) is 23.4 Å². The summed E-state index contributed by atoms with van der Waals surface area (Å²) in [4.78, 5) is 19.7. The van der Waals surface area contributed by atoms with Crippen molar-refractivity contribution in [3.63, 3.8) is 0 Å². The summed E-state index contributed by atoms with van der Waals surface area (Å²) in [6.07, 6.45) is 1.00. The van der Waals surface area contributed by atoms with Crippen LogP contribution in [0.1, 0.15) is 18.9 Å². The smallest absolute Gasteiger partial charge is 0.243 e. The van der Waals surface area contributed by atoms with Gasteiger partial charge in [0.15, 0.2) is 5.96 Å². The quantitative estimate of drug-likeness (QED) is 0.374. The summed E-state index contributed by atoms with van der Waals surface area (Å²) in [7, 11) is 5.45. The predicted octanol–water partition coefficient (Wildman–Crippen LogP) is 2.94. The van der Waals surface area contributed by atoms with Gasteiger partial charge in [0, 0.05) is 38.7 Å². The molecule has 0 saturated carbocycles. The number of aliphatic imine (C=N–C) groups is 1. The molecule has 1 aromatic carbocycles. The van der Waals surface area contributed by atoms with E-state index in [1.54, 1.807) is 19.0 Å². The van der Waals surface area contributed by atoms with Gasteiger partial charge >= 0.3 is 0 Å². The van der Waals surface area contributed by atoms with Crippen LogP contribution in [0.2, 0.25) is 0 Å². The van der Waals surface area contributed by atoms with Gasteiger partial charge in [0.1, 0.15) is 6.54 Å². The van der Waals surface area contributed by atoms with Gasteiger partial charge in [0.25, 0.3) is 0 Å². The molecule has 0 aromatic heterocycles. The zero-order valence-electron chi connectivity index (χ0n) is 14.2. The standard InChI is InChI=1S/C16H25BrN4O.HI/c1-5-10-18-16(19-11-15(22)20(2)3)21(4)12-13-8-6-7-9-14(13)17;/h6-9H,5,10-12H2,1-4H3,(H,18,19);1H. The van der Waals surface area contributed by atoms with Crippen molar-refractivity contribution in [2.75, 3.05) is 34.2 Å². The molecule has 1 N–H and O–H groups in total. The van der Waals surface area contributed by atoms with E-state index in [-0.39, 0.29) is 36.4 Å². The fraction of sp³-hybridized carbons (Fsp3) is 0.500. The van der Waals surface area contributed by atoms with Gasteiger partial charge in [0.2, 0.25) is 5.91 Å². The lowest BCUT2D eigenvalue weighted by Gasteiger charge is -2.23. The van der Waals surface area contributed by atoms with E-state index >= 15 is 0 Å². The Morgan fingerprint density at radius 1 is 1.26 bits per heavy atom. The Hall–Kier alpha value is -0.830. The minimum absolute atomic E-state index is 0. The summed E-state index contributed by atoms with van der Waals surface area (Å²) in [6, 6.07) is 8.10. The molecule has 1 rings (SSSR count). The maximum absolute atomic E-state index is 11.7. The van der Waals surface area contributed by atoms with Crippen molar-refractivity contribution in [1.29, 1.82) is 0 Å². The molecule has 0 aliphatic carbocycles. The molecule has 130 valence electrons. The first kappa shape index (κ1) is 22.2. The van der Waals surface area contributed by atoms with Gasteiger partial charge in [0.05, 0.1) is 0 Å². The minimum Gasteiger partial charge on any atom is -0.356 e. The third-order valence-corrected chi connectivity index (χ3v) is 3.90. The number of carbonyl (C=O) groups is 1. The number of nitrogens with zero attached hydrogens (tertiary/aromatic N) is 3. The van der Waals surface area contributed by atoms with Gasteiger partial charge in [-0.3, -0.25) is 4.79 Å². The lowest BCUT2D eigenvalue weighted by atomic mass is 10.2. The Labute approximate surface area is 164 Å². The summed E-state index contributed by atoms with van der Waals surface area (Å²) in [6.45, 7) is 3.80. The highest BCUT2D eigenvalue weighted by atomic mass is 127. The van der Waals surface area contributed by atoms with Gasteiger partial charge in [-0.25, -0.2) is 4.99 Å². The normalized spacial score (nSPS) is 10.7. The van der Waals surface area contributed by atoms with Gasteiger partial charge in [-0.1, -0.05) is 41.1 Å². The van der Waals surface area contributed by atoms with Crippen LogP contribution < -0.4 is 5.32 Å². The summed E-state index contributed by atoms with van der Waals surface area (Å²) >= 11 is 3.56. The number of nitrogens with one attached hydrogen (secondary N) is 1. The maximum Gasteiger partial charge on any atom is 0.243 e. The van der Waals surface area contributed by atoms with E-state index in [4.69, 9.17) is 0 Å². The van der Waals surface area contributed by atoms with Crippen molar-refractivity contribution in [2.24, 2.45) is 4.99 Å². The lowest BCUT2D eigenvalue weighted by Crippen LogP contribution is -2.40. The Kier molecular flexibility index (Phi) is 11.2. The highest BCUT2D eigenvalue weighted by molar-refractivity contribution is 14.0. The number of benzene rings is 1. The van der Waals surface area contributed by atoms with Gasteiger partial charge in [-0.05, 0) is 18.1 Å². The molecule has 0 heterocycles. The third kappa shape index (κ3) is 8.01. The van der Waals surface area contributed by atoms with Crippen molar-refractivity contribution in [2.45, 2.75) is 19.9 Å². The number of hydrogen-bond donors (Lipinski definition) is 1. The van der Waals surface area contributed by atoms with Crippen molar-refractivity contribution in [1.82, 2.24) is 15.1 Å². The number of halogens is 2. The second kappa shape index (κ2) is 11.7. The molecule has 0 saturated heterocycles. The zero-order valence-corrected chi connectivity index (χ0v) is 18.1. The molecule has 0 bridgehead atoms. The van der Waals surface area contributed by atoms with Gasteiger partial charge in [-0.15, -0.1) is 24.0 Å². The average molecular weight is 497 g/mol. The van der Waals surface area contributed by atoms with E-state index in [1.807, 2.05) is 30.1 Å². The number of likely N-dealkylation sites (N-methyl/N-ethyl adjacent to an activating group) is 1. The summed E-state index contributed by atoms with van der Waals surface area (Å²) in [5.74, 6) is 0.734. The molecule has 5 nitrogen and oxygen atoms in total. The van der Waals surface area contributed by atoms with E-state index in [0.29, 0.717) is 6.54 Å². The Balaban J connectivity index is 0.00000484. The molecular weight excluding hydrogens is 471 g/mol. The van der Waals surface area contributed by atoms with Crippen molar-refractivity contribution < 1.29 is 4.79 Å². The maximum atomic E-state index is 11.7. The monoisotopic (exact) mass is 496 g/mol. The van der Waals surface area contributed by atoms with Gasteiger partial charge < -0.3 is 15.1 Å². The van der Waals surface area contributed by atoms with E-state index in [9.17, 15) is 4.79 Å². The molecule has 23 heavy (non-hydrogen) atoms. The summed E-state index contributed by atoms with van der Waals surface area (Å²) in [5, 5.41) is 3.29. The van der Waals surface area contributed by atoms with E-state index in [1.165, 1.54) is 5.56 Å². The number of amides is 1. The van der Waals surface area contributed by atoms with Crippen molar-refractivity contribution in [3.05, 3.63) is 34.3 Å². The van der Waals surface area contributed by atoms with Crippen LogP contribution in [0.5, 0.6) is 0 Å². The Bertz CT molecular complexity index is 523. The number of carbonyl (C=O) groups excluding carboxylic acids is 1. The number of guanidine groups is 1. The fourth-order valence-corrected chi connectivity index (χ4v) is 2.20. The van der Waals surface area contributed by atoms with E-state index < -0.39 is 0 Å². The topological polar surface area (TPSA) is 47.9 Å². The first-order valence-electron chi connectivity index (χ1n) is 7.38. The molecule has 0 aliphatic rings. The molecule has 0 radical (unpaired) electrons. The largest absolute Gasteiger partial charge is 0.356 e. The first-order valence-corrected chi connectivity index (χ1v) is 8.18. The molecule has 0 fully saturated rings. The molecule has 0 spiro atoms.